The Morgan fingerprint density at radius 3 is 2.58 bits per heavy atom. The summed E-state index contributed by atoms with van der Waals surface area (Å²) >= 11 is 5.44. The Kier molecular flexibility index (Phi) is 4.37. The zero-order valence-corrected chi connectivity index (χ0v) is 12.2. The second kappa shape index (κ2) is 6.02. The molecule has 1 fully saturated rings. The SMILES string of the molecule is Cc1ccc(C)c(NC(=S)N2CCN(C=O)CC2)c1. The van der Waals surface area contributed by atoms with E-state index in [0.29, 0.717) is 0 Å². The standard InChI is InChI=1S/C14H19N3OS/c1-11-3-4-12(2)13(9-11)15-14(19)17-7-5-16(10-18)6-8-17/h3-4,9-10H,5-8H2,1-2H3,(H,15,19). The van der Waals surface area contributed by atoms with Crippen molar-refractivity contribution in [2.24, 2.45) is 0 Å². The minimum atomic E-state index is 0.734. The van der Waals surface area contributed by atoms with Gasteiger partial charge in [0.05, 0.1) is 0 Å². The van der Waals surface area contributed by atoms with Gasteiger partial charge in [-0.1, -0.05) is 12.1 Å². The number of nitrogens with one attached hydrogen (secondary N) is 1. The molecule has 0 unspecified atom stereocenters. The van der Waals surface area contributed by atoms with Crippen molar-refractivity contribution in [2.45, 2.75) is 13.8 Å². The lowest BCUT2D eigenvalue weighted by Gasteiger charge is -2.34. The normalized spacial score (nSPS) is 15.3. The van der Waals surface area contributed by atoms with Crippen LogP contribution in [0.15, 0.2) is 18.2 Å². The highest BCUT2D eigenvalue weighted by Crippen LogP contribution is 2.17. The third-order valence-corrected chi connectivity index (χ3v) is 3.75. The van der Waals surface area contributed by atoms with E-state index in [1.165, 1.54) is 11.1 Å². The molecule has 19 heavy (non-hydrogen) atoms. The summed E-state index contributed by atoms with van der Waals surface area (Å²) in [5.41, 5.74) is 3.45. The second-order valence-corrected chi connectivity index (χ2v) is 5.26. The van der Waals surface area contributed by atoms with E-state index in [-0.39, 0.29) is 0 Å². The summed E-state index contributed by atoms with van der Waals surface area (Å²) in [6.07, 6.45) is 0.901. The molecule has 1 saturated heterocycles. The summed E-state index contributed by atoms with van der Waals surface area (Å²) in [6, 6.07) is 6.28. The lowest BCUT2D eigenvalue weighted by Crippen LogP contribution is -2.49. The molecule has 5 heteroatoms. The van der Waals surface area contributed by atoms with E-state index in [4.69, 9.17) is 12.2 Å². The fraction of sp³-hybridized carbons (Fsp3) is 0.429. The van der Waals surface area contributed by atoms with Crippen LogP contribution in [-0.2, 0) is 4.79 Å². The molecule has 1 aliphatic heterocycles. The van der Waals surface area contributed by atoms with Crippen molar-refractivity contribution >= 4 is 29.4 Å². The van der Waals surface area contributed by atoms with E-state index >= 15 is 0 Å². The van der Waals surface area contributed by atoms with Gasteiger partial charge >= 0.3 is 0 Å². The molecule has 0 spiro atoms. The summed E-state index contributed by atoms with van der Waals surface area (Å²) in [6.45, 7) is 7.17. The molecule has 1 heterocycles. The Hall–Kier alpha value is -1.62. The Bertz CT molecular complexity index is 482. The molecular weight excluding hydrogens is 258 g/mol. The van der Waals surface area contributed by atoms with Crippen molar-refractivity contribution in [1.29, 1.82) is 0 Å². The summed E-state index contributed by atoms with van der Waals surface area (Å²) in [4.78, 5) is 14.6. The predicted molar refractivity (Wildman–Crippen MR) is 81.3 cm³/mol. The maximum absolute atomic E-state index is 10.7. The summed E-state index contributed by atoms with van der Waals surface area (Å²) < 4.78 is 0. The fourth-order valence-corrected chi connectivity index (χ4v) is 2.39. The van der Waals surface area contributed by atoms with Crippen molar-refractivity contribution in [3.05, 3.63) is 29.3 Å². The zero-order valence-electron chi connectivity index (χ0n) is 11.3. The molecule has 0 radical (unpaired) electrons. The van der Waals surface area contributed by atoms with Gasteiger partial charge in [0.2, 0.25) is 6.41 Å². The molecule has 0 bridgehead atoms. The Labute approximate surface area is 119 Å². The first kappa shape index (κ1) is 13.8. The van der Waals surface area contributed by atoms with Crippen LogP contribution in [0.5, 0.6) is 0 Å². The Balaban J connectivity index is 1.98. The maximum atomic E-state index is 10.7. The molecule has 1 aliphatic rings. The molecule has 0 aromatic heterocycles. The molecule has 0 saturated carbocycles. The van der Waals surface area contributed by atoms with Crippen molar-refractivity contribution < 1.29 is 4.79 Å². The number of carbonyl (C=O) groups is 1. The number of nitrogens with zero attached hydrogens (tertiary/aromatic N) is 2. The third-order valence-electron chi connectivity index (χ3n) is 3.39. The van der Waals surface area contributed by atoms with E-state index < -0.39 is 0 Å². The molecule has 102 valence electrons. The third kappa shape index (κ3) is 3.44. The first-order chi connectivity index (χ1) is 9.10. The van der Waals surface area contributed by atoms with Crippen molar-refractivity contribution in [2.75, 3.05) is 31.5 Å². The van der Waals surface area contributed by atoms with Crippen molar-refractivity contribution in [3.63, 3.8) is 0 Å². The quantitative estimate of drug-likeness (QED) is 0.660. The number of thiocarbonyl (C=S) groups is 1. The number of carbonyl (C=O) groups excluding carboxylic acids is 1. The number of rotatable bonds is 2. The number of anilines is 1. The monoisotopic (exact) mass is 277 g/mol. The van der Waals surface area contributed by atoms with Gasteiger partial charge in [0.1, 0.15) is 0 Å². The number of hydrogen-bond acceptors (Lipinski definition) is 2. The van der Waals surface area contributed by atoms with Crippen LogP contribution in [0.3, 0.4) is 0 Å². The van der Waals surface area contributed by atoms with Crippen LogP contribution in [0.4, 0.5) is 5.69 Å². The van der Waals surface area contributed by atoms with Gasteiger partial charge in [-0.25, -0.2) is 0 Å². The highest BCUT2D eigenvalue weighted by atomic mass is 32.1. The van der Waals surface area contributed by atoms with Gasteiger partial charge in [-0.05, 0) is 43.3 Å². The molecule has 0 aliphatic carbocycles. The number of aryl methyl sites for hydroxylation is 2. The van der Waals surface area contributed by atoms with Crippen molar-refractivity contribution in [1.82, 2.24) is 9.80 Å². The van der Waals surface area contributed by atoms with Crippen LogP contribution in [0, 0.1) is 13.8 Å². The van der Waals surface area contributed by atoms with Crippen LogP contribution >= 0.6 is 12.2 Å². The van der Waals surface area contributed by atoms with Crippen molar-refractivity contribution in [3.8, 4) is 0 Å². The van der Waals surface area contributed by atoms with E-state index in [1.807, 2.05) is 0 Å². The fourth-order valence-electron chi connectivity index (χ4n) is 2.10. The first-order valence-corrected chi connectivity index (χ1v) is 6.83. The molecule has 1 N–H and O–H groups in total. The number of hydrogen-bond donors (Lipinski definition) is 1. The van der Waals surface area contributed by atoms with Gasteiger partial charge in [0.15, 0.2) is 5.11 Å². The lowest BCUT2D eigenvalue weighted by atomic mass is 10.1. The molecular formula is C14H19N3OS. The van der Waals surface area contributed by atoms with Gasteiger partial charge in [-0.2, -0.15) is 0 Å². The van der Waals surface area contributed by atoms with Crippen LogP contribution < -0.4 is 5.32 Å². The van der Waals surface area contributed by atoms with E-state index in [0.717, 1.165) is 43.4 Å². The average molecular weight is 277 g/mol. The molecule has 4 nitrogen and oxygen atoms in total. The van der Waals surface area contributed by atoms with Crippen LogP contribution in [0.25, 0.3) is 0 Å². The highest BCUT2D eigenvalue weighted by molar-refractivity contribution is 7.80. The molecule has 1 aromatic carbocycles. The van der Waals surface area contributed by atoms with Gasteiger partial charge < -0.3 is 15.1 Å². The van der Waals surface area contributed by atoms with Gasteiger partial charge in [0.25, 0.3) is 0 Å². The lowest BCUT2D eigenvalue weighted by molar-refractivity contribution is -0.119. The summed E-state index contributed by atoms with van der Waals surface area (Å²) in [7, 11) is 0. The molecule has 1 amide bonds. The second-order valence-electron chi connectivity index (χ2n) is 4.88. The Morgan fingerprint density at radius 2 is 1.95 bits per heavy atom. The summed E-state index contributed by atoms with van der Waals surface area (Å²) in [5, 5.41) is 4.04. The topological polar surface area (TPSA) is 35.6 Å². The molecule has 0 atom stereocenters. The Morgan fingerprint density at radius 1 is 1.26 bits per heavy atom. The van der Waals surface area contributed by atoms with Gasteiger partial charge in [-0.15, -0.1) is 0 Å². The highest BCUT2D eigenvalue weighted by Gasteiger charge is 2.17. The maximum Gasteiger partial charge on any atom is 0.209 e. The first-order valence-electron chi connectivity index (χ1n) is 6.42. The average Bonchev–Trinajstić information content (AvgIpc) is 2.43. The zero-order chi connectivity index (χ0) is 13.8. The smallest absolute Gasteiger partial charge is 0.209 e. The van der Waals surface area contributed by atoms with E-state index in [1.54, 1.807) is 4.90 Å². The minimum Gasteiger partial charge on any atom is -0.345 e. The van der Waals surface area contributed by atoms with Crippen LogP contribution in [0.1, 0.15) is 11.1 Å². The summed E-state index contributed by atoms with van der Waals surface area (Å²) in [5.74, 6) is 0. The van der Waals surface area contributed by atoms with Crippen LogP contribution in [0.2, 0.25) is 0 Å². The van der Waals surface area contributed by atoms with Crippen LogP contribution in [-0.4, -0.2) is 47.5 Å². The van der Waals surface area contributed by atoms with Gasteiger partial charge in [-0.3, -0.25) is 4.79 Å². The number of piperazine rings is 1. The number of amides is 1. The van der Waals surface area contributed by atoms with Gasteiger partial charge in [0, 0.05) is 31.9 Å². The largest absolute Gasteiger partial charge is 0.345 e. The minimum absolute atomic E-state index is 0.734. The number of benzene rings is 1. The van der Waals surface area contributed by atoms with E-state index in [2.05, 4.69) is 42.3 Å². The predicted octanol–water partition coefficient (Wildman–Crippen LogP) is 1.77. The van der Waals surface area contributed by atoms with E-state index in [9.17, 15) is 4.79 Å². The molecule has 2 rings (SSSR count). The molecule has 1 aromatic rings.